The van der Waals surface area contributed by atoms with Crippen LogP contribution in [0, 0.1) is 0 Å². The molecule has 0 bridgehead atoms. The molecule has 0 saturated carbocycles. The van der Waals surface area contributed by atoms with E-state index in [1.165, 1.54) is 5.56 Å². The number of rotatable bonds is 4. The van der Waals surface area contributed by atoms with Crippen LogP contribution in [0.5, 0.6) is 11.5 Å². The minimum Gasteiger partial charge on any atom is -0.504 e. The van der Waals surface area contributed by atoms with Crippen LogP contribution in [0.2, 0.25) is 0 Å². The largest absolute Gasteiger partial charge is 0.504 e. The van der Waals surface area contributed by atoms with Gasteiger partial charge in [0.2, 0.25) is 0 Å². The smallest absolute Gasteiger partial charge is 0.160 e. The molecule has 1 aromatic rings. The standard InChI is InChI=1S/C15H24N2O2/c1-12(17-8-6-16(2)7-9-17)10-13-4-5-14(18)15(11-13)19-3/h4-5,11-12,18H,6-10H2,1-3H3. The van der Waals surface area contributed by atoms with Crippen molar-refractivity contribution in [2.45, 2.75) is 19.4 Å². The van der Waals surface area contributed by atoms with Crippen LogP contribution in [0.4, 0.5) is 0 Å². The number of aromatic hydroxyl groups is 1. The average molecular weight is 264 g/mol. The van der Waals surface area contributed by atoms with Gasteiger partial charge in [-0.15, -0.1) is 0 Å². The Balaban J connectivity index is 1.96. The van der Waals surface area contributed by atoms with Crippen molar-refractivity contribution in [1.29, 1.82) is 0 Å². The molecule has 1 heterocycles. The zero-order chi connectivity index (χ0) is 13.8. The van der Waals surface area contributed by atoms with Crippen molar-refractivity contribution in [3.63, 3.8) is 0 Å². The Morgan fingerprint density at radius 1 is 1.26 bits per heavy atom. The second kappa shape index (κ2) is 6.26. The molecule has 2 rings (SSSR count). The van der Waals surface area contributed by atoms with Gasteiger partial charge in [-0.1, -0.05) is 6.07 Å². The molecule has 1 aliphatic rings. The van der Waals surface area contributed by atoms with Crippen molar-refractivity contribution in [1.82, 2.24) is 9.80 Å². The lowest BCUT2D eigenvalue weighted by Gasteiger charge is -2.36. The third-order valence-corrected chi connectivity index (χ3v) is 3.94. The summed E-state index contributed by atoms with van der Waals surface area (Å²) in [6.45, 7) is 6.82. The predicted molar refractivity (Wildman–Crippen MR) is 76.9 cm³/mol. The van der Waals surface area contributed by atoms with Gasteiger partial charge in [-0.25, -0.2) is 0 Å². The maximum atomic E-state index is 9.61. The van der Waals surface area contributed by atoms with Crippen LogP contribution in [0.3, 0.4) is 0 Å². The molecule has 1 N–H and O–H groups in total. The third kappa shape index (κ3) is 3.61. The van der Waals surface area contributed by atoms with E-state index in [2.05, 4.69) is 23.8 Å². The van der Waals surface area contributed by atoms with Gasteiger partial charge in [0.1, 0.15) is 0 Å². The number of benzene rings is 1. The van der Waals surface area contributed by atoms with Crippen molar-refractivity contribution < 1.29 is 9.84 Å². The lowest BCUT2D eigenvalue weighted by Crippen LogP contribution is -2.48. The van der Waals surface area contributed by atoms with Crippen molar-refractivity contribution in [2.75, 3.05) is 40.3 Å². The van der Waals surface area contributed by atoms with E-state index >= 15 is 0 Å². The average Bonchev–Trinajstić information content (AvgIpc) is 2.41. The highest BCUT2D eigenvalue weighted by Crippen LogP contribution is 2.27. The van der Waals surface area contributed by atoms with Crippen molar-refractivity contribution >= 4 is 0 Å². The Hall–Kier alpha value is -1.26. The molecule has 1 atom stereocenters. The minimum atomic E-state index is 0.207. The predicted octanol–water partition coefficient (Wildman–Crippen LogP) is 1.58. The van der Waals surface area contributed by atoms with E-state index in [1.807, 2.05) is 12.1 Å². The van der Waals surface area contributed by atoms with Gasteiger partial charge in [0.15, 0.2) is 11.5 Å². The summed E-state index contributed by atoms with van der Waals surface area (Å²) in [4.78, 5) is 4.89. The molecule has 1 saturated heterocycles. The van der Waals surface area contributed by atoms with Crippen LogP contribution in [0.25, 0.3) is 0 Å². The van der Waals surface area contributed by atoms with Gasteiger partial charge in [0.05, 0.1) is 7.11 Å². The van der Waals surface area contributed by atoms with E-state index in [1.54, 1.807) is 13.2 Å². The summed E-state index contributed by atoms with van der Waals surface area (Å²) in [5.74, 6) is 0.765. The number of phenols is 1. The van der Waals surface area contributed by atoms with Crippen LogP contribution in [0.15, 0.2) is 18.2 Å². The molecule has 0 amide bonds. The van der Waals surface area contributed by atoms with Crippen LogP contribution in [-0.4, -0.2) is 61.3 Å². The monoisotopic (exact) mass is 264 g/mol. The number of piperazine rings is 1. The lowest BCUT2D eigenvalue weighted by atomic mass is 10.0. The van der Waals surface area contributed by atoms with Gasteiger partial charge in [-0.3, -0.25) is 4.90 Å². The molecule has 1 aliphatic heterocycles. The zero-order valence-corrected chi connectivity index (χ0v) is 12.1. The summed E-state index contributed by atoms with van der Waals surface area (Å²) in [5.41, 5.74) is 1.21. The van der Waals surface area contributed by atoms with E-state index in [-0.39, 0.29) is 5.75 Å². The van der Waals surface area contributed by atoms with Crippen LogP contribution < -0.4 is 4.74 Å². The Bertz CT molecular complexity index is 415. The SMILES string of the molecule is COc1cc(CC(C)N2CCN(C)CC2)ccc1O. The normalized spacial score (nSPS) is 19.3. The quantitative estimate of drug-likeness (QED) is 0.895. The molecule has 0 radical (unpaired) electrons. The fourth-order valence-electron chi connectivity index (χ4n) is 2.58. The van der Waals surface area contributed by atoms with E-state index in [9.17, 15) is 5.11 Å². The van der Waals surface area contributed by atoms with Crippen molar-refractivity contribution in [3.05, 3.63) is 23.8 Å². The molecule has 1 unspecified atom stereocenters. The molecular weight excluding hydrogens is 240 g/mol. The lowest BCUT2D eigenvalue weighted by molar-refractivity contribution is 0.118. The number of nitrogens with zero attached hydrogens (tertiary/aromatic N) is 2. The number of likely N-dealkylation sites (N-methyl/N-ethyl adjacent to an activating group) is 1. The van der Waals surface area contributed by atoms with Gasteiger partial charge in [-0.2, -0.15) is 0 Å². The molecule has 106 valence electrons. The first-order chi connectivity index (χ1) is 9.10. The number of methoxy groups -OCH3 is 1. The number of hydrogen-bond donors (Lipinski definition) is 1. The van der Waals surface area contributed by atoms with E-state index < -0.39 is 0 Å². The molecular formula is C15H24N2O2. The highest BCUT2D eigenvalue weighted by atomic mass is 16.5. The zero-order valence-electron chi connectivity index (χ0n) is 12.1. The van der Waals surface area contributed by atoms with Crippen LogP contribution in [0.1, 0.15) is 12.5 Å². The van der Waals surface area contributed by atoms with Crippen LogP contribution in [-0.2, 0) is 6.42 Å². The summed E-state index contributed by atoms with van der Waals surface area (Å²) in [6.07, 6.45) is 0.986. The van der Waals surface area contributed by atoms with Gasteiger partial charge in [0, 0.05) is 32.2 Å². The van der Waals surface area contributed by atoms with Gasteiger partial charge >= 0.3 is 0 Å². The minimum absolute atomic E-state index is 0.207. The maximum Gasteiger partial charge on any atom is 0.160 e. The van der Waals surface area contributed by atoms with Gasteiger partial charge in [-0.05, 0) is 38.1 Å². The first-order valence-electron chi connectivity index (χ1n) is 6.88. The summed E-state index contributed by atoms with van der Waals surface area (Å²) < 4.78 is 5.16. The molecule has 19 heavy (non-hydrogen) atoms. The third-order valence-electron chi connectivity index (χ3n) is 3.94. The van der Waals surface area contributed by atoms with E-state index in [0.717, 1.165) is 32.6 Å². The van der Waals surface area contributed by atoms with E-state index in [4.69, 9.17) is 4.74 Å². The Morgan fingerprint density at radius 3 is 2.58 bits per heavy atom. The molecule has 1 aromatic carbocycles. The van der Waals surface area contributed by atoms with Crippen molar-refractivity contribution in [2.24, 2.45) is 0 Å². The molecule has 0 spiro atoms. The first kappa shape index (κ1) is 14.2. The van der Waals surface area contributed by atoms with Crippen molar-refractivity contribution in [3.8, 4) is 11.5 Å². The first-order valence-corrected chi connectivity index (χ1v) is 6.88. The Labute approximate surface area is 115 Å². The number of phenolic OH excluding ortho intramolecular Hbond substituents is 1. The summed E-state index contributed by atoms with van der Waals surface area (Å²) >= 11 is 0. The summed E-state index contributed by atoms with van der Waals surface area (Å²) in [6, 6.07) is 6.14. The molecule has 0 aromatic heterocycles. The summed E-state index contributed by atoms with van der Waals surface area (Å²) in [5, 5.41) is 9.61. The van der Waals surface area contributed by atoms with Crippen LogP contribution >= 0.6 is 0 Å². The Morgan fingerprint density at radius 2 is 1.95 bits per heavy atom. The second-order valence-corrected chi connectivity index (χ2v) is 5.40. The van der Waals surface area contributed by atoms with E-state index in [0.29, 0.717) is 11.8 Å². The number of hydrogen-bond acceptors (Lipinski definition) is 4. The second-order valence-electron chi connectivity index (χ2n) is 5.40. The summed E-state index contributed by atoms with van der Waals surface area (Å²) in [7, 11) is 3.76. The van der Waals surface area contributed by atoms with Gasteiger partial charge < -0.3 is 14.7 Å². The molecule has 1 fully saturated rings. The Kier molecular flexibility index (Phi) is 4.66. The van der Waals surface area contributed by atoms with Gasteiger partial charge in [0.25, 0.3) is 0 Å². The molecule has 0 aliphatic carbocycles. The number of ether oxygens (including phenoxy) is 1. The molecule has 4 nitrogen and oxygen atoms in total. The highest BCUT2D eigenvalue weighted by molar-refractivity contribution is 5.41. The fourth-order valence-corrected chi connectivity index (χ4v) is 2.58. The maximum absolute atomic E-state index is 9.61. The molecule has 4 heteroatoms. The topological polar surface area (TPSA) is 35.9 Å². The highest BCUT2D eigenvalue weighted by Gasteiger charge is 2.19. The fraction of sp³-hybridized carbons (Fsp3) is 0.600.